The lowest BCUT2D eigenvalue weighted by Gasteiger charge is -2.20. The molecule has 0 fully saturated rings. The second kappa shape index (κ2) is 3.06. The highest BCUT2D eigenvalue weighted by Gasteiger charge is 1.92. The molecule has 0 saturated carbocycles. The van der Waals surface area contributed by atoms with Crippen LogP contribution in [0.2, 0.25) is 0 Å². The maximum absolute atomic E-state index is 2.24. The Bertz CT molecular complexity index is 37.3. The van der Waals surface area contributed by atoms with Crippen molar-refractivity contribution in [1.29, 1.82) is 0 Å². The van der Waals surface area contributed by atoms with Crippen molar-refractivity contribution in [2.24, 2.45) is 11.8 Å². The van der Waals surface area contributed by atoms with E-state index in [2.05, 4.69) is 34.1 Å². The summed E-state index contributed by atoms with van der Waals surface area (Å²) in [6.07, 6.45) is 2.24. The van der Waals surface area contributed by atoms with Gasteiger partial charge in [0.05, 0.1) is 0 Å². The topological polar surface area (TPSA) is 0 Å². The molecule has 7 heavy (non-hydrogen) atoms. The Morgan fingerprint density at radius 2 is 1.57 bits per heavy atom. The van der Waals surface area contributed by atoms with Gasteiger partial charge in [0, 0.05) is 0 Å². The van der Waals surface area contributed by atoms with Crippen LogP contribution in [0.25, 0.3) is 0 Å². The minimum absolute atomic E-state index is 0.778. The van der Waals surface area contributed by atoms with Gasteiger partial charge in [-0.05, 0) is 0 Å². The largest absolute Gasteiger partial charge is 0.328 e. The van der Waals surface area contributed by atoms with E-state index in [9.17, 15) is 0 Å². The molecule has 0 aromatic carbocycles. The van der Waals surface area contributed by atoms with Gasteiger partial charge in [-0.1, -0.05) is 26.7 Å². The average molecular weight is 99.2 g/mol. The van der Waals surface area contributed by atoms with Crippen LogP contribution in [0.1, 0.15) is 27.7 Å². The van der Waals surface area contributed by atoms with Gasteiger partial charge in [0.25, 0.3) is 0 Å². The van der Waals surface area contributed by atoms with Crippen molar-refractivity contribution >= 4 is 0 Å². The second-order valence-corrected chi connectivity index (χ2v) is 2.44. The summed E-state index contributed by atoms with van der Waals surface area (Å²) in [5.41, 5.74) is 0. The molecule has 44 valence electrons. The zero-order chi connectivity index (χ0) is 5.86. The Balaban J connectivity index is 3.14. The van der Waals surface area contributed by atoms with Crippen LogP contribution in [0.3, 0.4) is 0 Å². The van der Waals surface area contributed by atoms with E-state index in [1.807, 2.05) is 0 Å². The van der Waals surface area contributed by atoms with Gasteiger partial charge in [-0.15, -0.1) is 0 Å². The normalized spacial score (nSPS) is 15.0. The molecule has 0 aliphatic rings. The first kappa shape index (κ1) is 7.00. The summed E-state index contributed by atoms with van der Waals surface area (Å²) < 4.78 is 0. The molecule has 0 aromatic rings. The lowest BCUT2D eigenvalue weighted by atomic mass is 9.96. The van der Waals surface area contributed by atoms with Crippen molar-refractivity contribution in [2.75, 3.05) is 0 Å². The van der Waals surface area contributed by atoms with Crippen molar-refractivity contribution in [3.05, 3.63) is 6.42 Å². The van der Waals surface area contributed by atoms with E-state index in [0.717, 1.165) is 11.8 Å². The van der Waals surface area contributed by atoms with Gasteiger partial charge in [0.2, 0.25) is 0 Å². The van der Waals surface area contributed by atoms with Crippen LogP contribution in [0, 0.1) is 18.3 Å². The quantitative estimate of drug-likeness (QED) is 0.466. The van der Waals surface area contributed by atoms with E-state index >= 15 is 0 Å². The van der Waals surface area contributed by atoms with E-state index in [0.29, 0.717) is 0 Å². The van der Waals surface area contributed by atoms with E-state index < -0.39 is 0 Å². The first-order valence-corrected chi connectivity index (χ1v) is 2.98. The Hall–Kier alpha value is 0. The molecule has 0 aromatic heterocycles. The van der Waals surface area contributed by atoms with Crippen molar-refractivity contribution in [2.45, 2.75) is 27.7 Å². The number of hydrogen-bond acceptors (Lipinski definition) is 0. The predicted molar refractivity (Wildman–Crippen MR) is 34.0 cm³/mol. The number of rotatable bonds is 2. The summed E-state index contributed by atoms with van der Waals surface area (Å²) in [5, 5.41) is 0. The zero-order valence-corrected chi connectivity index (χ0v) is 5.73. The van der Waals surface area contributed by atoms with E-state index in [4.69, 9.17) is 0 Å². The molecule has 0 aliphatic heterocycles. The molecule has 0 heteroatoms. The first-order valence-electron chi connectivity index (χ1n) is 2.98. The van der Waals surface area contributed by atoms with Crippen LogP contribution in [-0.2, 0) is 0 Å². The maximum Gasteiger partial charge on any atom is -0.0650 e. The third kappa shape index (κ3) is 2.67. The van der Waals surface area contributed by atoms with Gasteiger partial charge >= 0.3 is 0 Å². The molecule has 1 atom stereocenters. The summed E-state index contributed by atoms with van der Waals surface area (Å²) >= 11 is 0. The summed E-state index contributed by atoms with van der Waals surface area (Å²) in [6, 6.07) is 0. The third-order valence-corrected chi connectivity index (χ3v) is 1.58. The van der Waals surface area contributed by atoms with Crippen molar-refractivity contribution in [1.82, 2.24) is 0 Å². The van der Waals surface area contributed by atoms with E-state index in [-0.39, 0.29) is 0 Å². The summed E-state index contributed by atoms with van der Waals surface area (Å²) in [5.74, 6) is 1.59. The SMILES string of the molecule is C[CH-]C(C)C(C)C. The molecule has 0 nitrogen and oxygen atoms in total. The first-order chi connectivity index (χ1) is 3.18. The molecule has 0 heterocycles. The Kier molecular flexibility index (Phi) is 3.06. The number of hydrogen-bond donors (Lipinski definition) is 0. The van der Waals surface area contributed by atoms with E-state index in [1.165, 1.54) is 0 Å². The Morgan fingerprint density at radius 3 is 1.57 bits per heavy atom. The molecule has 0 amide bonds. The second-order valence-electron chi connectivity index (χ2n) is 2.44. The molecular formula is C7H15-. The molecule has 0 bridgehead atoms. The van der Waals surface area contributed by atoms with Crippen LogP contribution in [0.4, 0.5) is 0 Å². The highest BCUT2D eigenvalue weighted by molar-refractivity contribution is 4.68. The summed E-state index contributed by atoms with van der Waals surface area (Å²) in [6.45, 7) is 8.84. The highest BCUT2D eigenvalue weighted by Crippen LogP contribution is 2.10. The van der Waals surface area contributed by atoms with Gasteiger partial charge in [0.15, 0.2) is 0 Å². The van der Waals surface area contributed by atoms with Gasteiger partial charge in [-0.25, -0.2) is 0 Å². The van der Waals surface area contributed by atoms with Crippen LogP contribution in [0.15, 0.2) is 0 Å². The fourth-order valence-electron chi connectivity index (χ4n) is 0.385. The highest BCUT2D eigenvalue weighted by atomic mass is 14.1. The Labute approximate surface area is 46.9 Å². The van der Waals surface area contributed by atoms with Crippen LogP contribution in [-0.4, -0.2) is 0 Å². The fourth-order valence-corrected chi connectivity index (χ4v) is 0.385. The molecule has 0 rings (SSSR count). The minimum Gasteiger partial charge on any atom is -0.328 e. The molecule has 0 spiro atoms. The molecule has 0 aliphatic carbocycles. The zero-order valence-electron chi connectivity index (χ0n) is 5.73. The third-order valence-electron chi connectivity index (χ3n) is 1.58. The fraction of sp³-hybridized carbons (Fsp3) is 0.857. The van der Waals surface area contributed by atoms with Crippen LogP contribution in [0.5, 0.6) is 0 Å². The van der Waals surface area contributed by atoms with Crippen molar-refractivity contribution in [3.8, 4) is 0 Å². The summed E-state index contributed by atoms with van der Waals surface area (Å²) in [4.78, 5) is 0. The van der Waals surface area contributed by atoms with Gasteiger partial charge < -0.3 is 6.42 Å². The minimum atomic E-state index is 0.778. The Morgan fingerprint density at radius 1 is 1.14 bits per heavy atom. The molecule has 1 unspecified atom stereocenters. The van der Waals surface area contributed by atoms with Gasteiger partial charge in [-0.3, -0.25) is 0 Å². The lowest BCUT2D eigenvalue weighted by Crippen LogP contribution is -2.01. The summed E-state index contributed by atoms with van der Waals surface area (Å²) in [7, 11) is 0. The van der Waals surface area contributed by atoms with Crippen molar-refractivity contribution < 1.29 is 0 Å². The smallest absolute Gasteiger partial charge is 0.0650 e. The van der Waals surface area contributed by atoms with Crippen molar-refractivity contribution in [3.63, 3.8) is 0 Å². The average Bonchev–Trinajstić information content (AvgIpc) is 1.65. The van der Waals surface area contributed by atoms with E-state index in [1.54, 1.807) is 0 Å². The van der Waals surface area contributed by atoms with Crippen LogP contribution < -0.4 is 0 Å². The molecular weight excluding hydrogens is 84.1 g/mol. The van der Waals surface area contributed by atoms with Crippen LogP contribution >= 0.6 is 0 Å². The molecule has 0 saturated heterocycles. The molecule has 0 radical (unpaired) electrons. The monoisotopic (exact) mass is 99.1 g/mol. The predicted octanol–water partition coefficient (Wildman–Crippen LogP) is 2.50. The van der Waals surface area contributed by atoms with Gasteiger partial charge in [-0.2, -0.15) is 12.8 Å². The molecule has 0 N–H and O–H groups in total. The maximum atomic E-state index is 2.24. The lowest BCUT2D eigenvalue weighted by molar-refractivity contribution is 0.475. The van der Waals surface area contributed by atoms with Gasteiger partial charge in [0.1, 0.15) is 0 Å². The standard InChI is InChI=1S/C7H15/c1-5-7(4)6(2)3/h5-7H,1-4H3/q-1.